The normalized spacial score (nSPS) is 11.1. The molecule has 0 saturated carbocycles. The number of hydrogen-bond donors (Lipinski definition) is 0. The fraction of sp³-hybridized carbons (Fsp3) is 0.263. The summed E-state index contributed by atoms with van der Waals surface area (Å²) in [5.74, 6) is 1.00. The van der Waals surface area contributed by atoms with E-state index in [1.807, 2.05) is 33.3 Å². The zero-order chi connectivity index (χ0) is 18.0. The van der Waals surface area contributed by atoms with Gasteiger partial charge >= 0.3 is 0 Å². The molecule has 3 aromatic rings. The molecular formula is C19H21FN4O. The molecule has 0 aliphatic carbocycles. The van der Waals surface area contributed by atoms with Crippen LogP contribution in [0.5, 0.6) is 5.75 Å². The monoisotopic (exact) mass is 340 g/mol. The molecule has 5 nitrogen and oxygen atoms in total. The molecule has 0 aliphatic heterocycles. The highest BCUT2D eigenvalue weighted by atomic mass is 19.1. The number of rotatable bonds is 5. The lowest BCUT2D eigenvalue weighted by Crippen LogP contribution is -2.10. The van der Waals surface area contributed by atoms with Gasteiger partial charge in [-0.2, -0.15) is 5.10 Å². The lowest BCUT2D eigenvalue weighted by Gasteiger charge is -2.10. The van der Waals surface area contributed by atoms with Crippen molar-refractivity contribution in [3.8, 4) is 28.5 Å². The molecule has 0 fully saturated rings. The third kappa shape index (κ3) is 3.69. The number of methoxy groups -OCH3 is 1. The van der Waals surface area contributed by atoms with Gasteiger partial charge in [0.25, 0.3) is 0 Å². The van der Waals surface area contributed by atoms with E-state index in [9.17, 15) is 4.39 Å². The van der Waals surface area contributed by atoms with Crippen molar-refractivity contribution in [2.45, 2.75) is 6.54 Å². The minimum Gasteiger partial charge on any atom is -0.494 e. The van der Waals surface area contributed by atoms with Gasteiger partial charge in [0.15, 0.2) is 23.2 Å². The van der Waals surface area contributed by atoms with Crippen molar-refractivity contribution < 1.29 is 9.13 Å². The van der Waals surface area contributed by atoms with Crippen LogP contribution in [0.3, 0.4) is 0 Å². The molecule has 0 amide bonds. The van der Waals surface area contributed by atoms with Crippen LogP contribution in [0, 0.1) is 5.82 Å². The number of nitrogens with zero attached hydrogens (tertiary/aromatic N) is 4. The lowest BCUT2D eigenvalue weighted by atomic mass is 10.1. The maximum absolute atomic E-state index is 13.9. The summed E-state index contributed by atoms with van der Waals surface area (Å²) >= 11 is 0. The van der Waals surface area contributed by atoms with Crippen LogP contribution in [-0.4, -0.2) is 40.9 Å². The largest absolute Gasteiger partial charge is 0.494 e. The molecule has 3 rings (SSSR count). The molecule has 1 aromatic heterocycles. The Morgan fingerprint density at radius 1 is 1.12 bits per heavy atom. The van der Waals surface area contributed by atoms with Crippen molar-refractivity contribution >= 4 is 0 Å². The van der Waals surface area contributed by atoms with Crippen LogP contribution in [0.15, 0.2) is 42.5 Å². The van der Waals surface area contributed by atoms with Gasteiger partial charge in [-0.3, -0.25) is 0 Å². The molecule has 0 saturated heterocycles. The Hall–Kier alpha value is -2.73. The summed E-state index contributed by atoms with van der Waals surface area (Å²) in [6.07, 6.45) is 0. The maximum Gasteiger partial charge on any atom is 0.181 e. The van der Waals surface area contributed by atoms with E-state index in [1.165, 1.54) is 18.7 Å². The average Bonchev–Trinajstić information content (AvgIpc) is 2.96. The first-order chi connectivity index (χ1) is 12.0. The Labute approximate surface area is 146 Å². The highest BCUT2D eigenvalue weighted by molar-refractivity contribution is 5.63. The van der Waals surface area contributed by atoms with E-state index in [0.29, 0.717) is 11.4 Å². The Kier molecular flexibility index (Phi) is 4.81. The van der Waals surface area contributed by atoms with Crippen LogP contribution in [-0.2, 0) is 13.6 Å². The van der Waals surface area contributed by atoms with E-state index in [2.05, 4.69) is 27.1 Å². The highest BCUT2D eigenvalue weighted by Gasteiger charge is 2.13. The second kappa shape index (κ2) is 7.03. The van der Waals surface area contributed by atoms with Crippen LogP contribution in [0.1, 0.15) is 5.56 Å². The Morgan fingerprint density at radius 3 is 2.60 bits per heavy atom. The summed E-state index contributed by atoms with van der Waals surface area (Å²) in [5, 5.41) is 4.43. The zero-order valence-electron chi connectivity index (χ0n) is 14.8. The van der Waals surface area contributed by atoms with Gasteiger partial charge in [-0.25, -0.2) is 14.1 Å². The summed E-state index contributed by atoms with van der Waals surface area (Å²) in [6, 6.07) is 12.9. The molecule has 0 radical (unpaired) electrons. The van der Waals surface area contributed by atoms with Crippen molar-refractivity contribution in [2.24, 2.45) is 7.05 Å². The first-order valence-electron chi connectivity index (χ1n) is 7.97. The third-order valence-electron chi connectivity index (χ3n) is 3.86. The zero-order valence-corrected chi connectivity index (χ0v) is 14.8. The summed E-state index contributed by atoms with van der Waals surface area (Å²) in [6.45, 7) is 0.849. The van der Waals surface area contributed by atoms with Crippen molar-refractivity contribution in [2.75, 3.05) is 21.2 Å². The molecule has 0 unspecified atom stereocenters. The van der Waals surface area contributed by atoms with E-state index in [-0.39, 0.29) is 5.75 Å². The van der Waals surface area contributed by atoms with Gasteiger partial charge in [0, 0.05) is 24.7 Å². The van der Waals surface area contributed by atoms with Gasteiger partial charge in [-0.05, 0) is 43.9 Å². The topological polar surface area (TPSA) is 43.2 Å². The van der Waals surface area contributed by atoms with Crippen molar-refractivity contribution in [3.63, 3.8) is 0 Å². The van der Waals surface area contributed by atoms with Gasteiger partial charge in [0.1, 0.15) is 0 Å². The predicted octanol–water partition coefficient (Wildman–Crippen LogP) is 3.36. The molecule has 0 bridgehead atoms. The number of benzene rings is 2. The molecule has 0 aliphatic rings. The first kappa shape index (κ1) is 17.1. The summed E-state index contributed by atoms with van der Waals surface area (Å²) in [7, 11) is 7.34. The van der Waals surface area contributed by atoms with Crippen molar-refractivity contribution in [1.29, 1.82) is 0 Å². The van der Waals surface area contributed by atoms with Gasteiger partial charge in [-0.15, -0.1) is 0 Å². The van der Waals surface area contributed by atoms with Crippen LogP contribution >= 0.6 is 0 Å². The summed E-state index contributed by atoms with van der Waals surface area (Å²) in [5.41, 5.74) is 2.79. The van der Waals surface area contributed by atoms with E-state index in [1.54, 1.807) is 16.8 Å². The van der Waals surface area contributed by atoms with E-state index >= 15 is 0 Å². The molecule has 130 valence electrons. The van der Waals surface area contributed by atoms with Gasteiger partial charge in [0.05, 0.1) is 7.11 Å². The Balaban J connectivity index is 1.97. The average molecular weight is 340 g/mol. The second-order valence-corrected chi connectivity index (χ2v) is 6.17. The number of ether oxygens (including phenoxy) is 1. The summed E-state index contributed by atoms with van der Waals surface area (Å²) < 4.78 is 20.6. The molecule has 0 atom stereocenters. The van der Waals surface area contributed by atoms with E-state index < -0.39 is 5.82 Å². The van der Waals surface area contributed by atoms with Gasteiger partial charge in [-0.1, -0.05) is 18.2 Å². The quantitative estimate of drug-likeness (QED) is 0.714. The maximum atomic E-state index is 13.9. The molecule has 0 spiro atoms. The van der Waals surface area contributed by atoms with Gasteiger partial charge < -0.3 is 9.64 Å². The molecule has 2 aromatic carbocycles. The smallest absolute Gasteiger partial charge is 0.181 e. The van der Waals surface area contributed by atoms with Crippen LogP contribution in [0.4, 0.5) is 4.39 Å². The summed E-state index contributed by atoms with van der Waals surface area (Å²) in [4.78, 5) is 6.71. The number of aryl methyl sites for hydroxylation is 1. The number of aromatic nitrogens is 3. The predicted molar refractivity (Wildman–Crippen MR) is 95.8 cm³/mol. The van der Waals surface area contributed by atoms with Crippen LogP contribution < -0.4 is 4.74 Å². The third-order valence-corrected chi connectivity index (χ3v) is 3.86. The highest BCUT2D eigenvalue weighted by Crippen LogP contribution is 2.26. The SMILES string of the molecule is COc1ccc(-c2nc(-c3cccc(CN(C)C)c3)n(C)n2)cc1F. The molecule has 25 heavy (non-hydrogen) atoms. The molecular weight excluding hydrogens is 319 g/mol. The van der Waals surface area contributed by atoms with Gasteiger partial charge in [0.2, 0.25) is 0 Å². The van der Waals surface area contributed by atoms with E-state index in [0.717, 1.165) is 17.9 Å². The molecule has 6 heteroatoms. The standard InChI is InChI=1S/C19H21FN4O/c1-23(2)12-13-6-5-7-15(10-13)19-21-18(22-24(19)3)14-8-9-17(25-4)16(20)11-14/h5-11H,12H2,1-4H3. The lowest BCUT2D eigenvalue weighted by molar-refractivity contribution is 0.386. The Bertz CT molecular complexity index is 889. The Morgan fingerprint density at radius 2 is 1.92 bits per heavy atom. The first-order valence-corrected chi connectivity index (χ1v) is 7.97. The fourth-order valence-electron chi connectivity index (χ4n) is 2.74. The number of halogens is 1. The van der Waals surface area contributed by atoms with Crippen LogP contribution in [0.25, 0.3) is 22.8 Å². The fourth-order valence-corrected chi connectivity index (χ4v) is 2.74. The van der Waals surface area contributed by atoms with Crippen molar-refractivity contribution in [1.82, 2.24) is 19.7 Å². The molecule has 0 N–H and O–H groups in total. The molecule has 1 heterocycles. The minimum absolute atomic E-state index is 0.205. The van der Waals surface area contributed by atoms with E-state index in [4.69, 9.17) is 4.74 Å². The van der Waals surface area contributed by atoms with Crippen LogP contribution in [0.2, 0.25) is 0 Å². The minimum atomic E-state index is -0.429. The second-order valence-electron chi connectivity index (χ2n) is 6.17. The number of hydrogen-bond acceptors (Lipinski definition) is 4. The van der Waals surface area contributed by atoms with Crippen molar-refractivity contribution in [3.05, 3.63) is 53.8 Å².